The number of fused-ring (bicyclic) bond motifs is 4. The van der Waals surface area contributed by atoms with Gasteiger partial charge in [-0.25, -0.2) is 9.50 Å². The number of aryl methyl sites for hydroxylation is 1. The first-order valence-corrected chi connectivity index (χ1v) is 9.50. The third kappa shape index (κ3) is 2.91. The molecular weight excluding hydrogens is 346 g/mol. The lowest BCUT2D eigenvalue weighted by Gasteiger charge is -2.12. The van der Waals surface area contributed by atoms with E-state index in [1.807, 2.05) is 29.6 Å². The smallest absolute Gasteiger partial charge is 0.158 e. The molecule has 0 amide bonds. The first kappa shape index (κ1) is 16.6. The largest absolute Gasteiger partial charge is 0.383 e. The van der Waals surface area contributed by atoms with E-state index in [1.165, 1.54) is 10.8 Å². The van der Waals surface area contributed by atoms with Crippen molar-refractivity contribution in [2.75, 3.05) is 23.7 Å². The highest BCUT2D eigenvalue weighted by Gasteiger charge is 2.09. The third-order valence-electron chi connectivity index (χ3n) is 4.95. The number of benzene rings is 3. The number of anilines is 2. The summed E-state index contributed by atoms with van der Waals surface area (Å²) in [7, 11) is 0. The monoisotopic (exact) mass is 367 g/mol. The van der Waals surface area contributed by atoms with Crippen LogP contribution in [0.3, 0.4) is 0 Å². The molecule has 0 fully saturated rings. The van der Waals surface area contributed by atoms with Crippen molar-refractivity contribution in [1.82, 2.24) is 14.6 Å². The summed E-state index contributed by atoms with van der Waals surface area (Å²) in [6.45, 7) is 3.56. The van der Waals surface area contributed by atoms with Crippen LogP contribution in [0.2, 0.25) is 0 Å². The summed E-state index contributed by atoms with van der Waals surface area (Å²) in [5.41, 5.74) is 4.04. The van der Waals surface area contributed by atoms with Crippen molar-refractivity contribution in [2.45, 2.75) is 6.92 Å². The Kier molecular flexibility index (Phi) is 4.05. The van der Waals surface area contributed by atoms with Crippen LogP contribution in [0.25, 0.3) is 27.3 Å². The molecule has 0 saturated carbocycles. The van der Waals surface area contributed by atoms with Crippen molar-refractivity contribution >= 4 is 38.8 Å². The highest BCUT2D eigenvalue weighted by molar-refractivity contribution is 5.94. The molecule has 0 aliphatic rings. The Balaban J connectivity index is 1.37. The molecule has 3 aromatic carbocycles. The van der Waals surface area contributed by atoms with E-state index in [0.29, 0.717) is 0 Å². The van der Waals surface area contributed by atoms with E-state index >= 15 is 0 Å². The van der Waals surface area contributed by atoms with Gasteiger partial charge in [-0.3, -0.25) is 0 Å². The van der Waals surface area contributed by atoms with Crippen LogP contribution in [-0.4, -0.2) is 27.7 Å². The van der Waals surface area contributed by atoms with Crippen LogP contribution in [0, 0.1) is 6.92 Å². The minimum atomic E-state index is 0.767. The maximum atomic E-state index is 4.78. The minimum absolute atomic E-state index is 0.767. The first-order chi connectivity index (χ1) is 13.8. The highest BCUT2D eigenvalue weighted by Crippen LogP contribution is 2.24. The van der Waals surface area contributed by atoms with Crippen molar-refractivity contribution in [3.63, 3.8) is 0 Å². The number of hydrogen-bond acceptors (Lipinski definition) is 4. The Labute approximate surface area is 163 Å². The summed E-state index contributed by atoms with van der Waals surface area (Å²) in [4.78, 5) is 4.78. The molecule has 0 spiro atoms. The van der Waals surface area contributed by atoms with Crippen LogP contribution in [0.4, 0.5) is 11.5 Å². The number of para-hydroxylation sites is 1. The van der Waals surface area contributed by atoms with E-state index in [1.54, 1.807) is 0 Å². The molecule has 0 unspecified atom stereocenters. The molecule has 0 bridgehead atoms. The van der Waals surface area contributed by atoms with Crippen molar-refractivity contribution in [1.29, 1.82) is 0 Å². The van der Waals surface area contributed by atoms with Gasteiger partial charge in [0.1, 0.15) is 5.82 Å². The molecule has 5 aromatic rings. The van der Waals surface area contributed by atoms with E-state index in [0.717, 1.165) is 46.8 Å². The molecule has 2 heterocycles. The molecule has 28 heavy (non-hydrogen) atoms. The van der Waals surface area contributed by atoms with Crippen LogP contribution in [-0.2, 0) is 0 Å². The van der Waals surface area contributed by atoms with Crippen molar-refractivity contribution in [3.05, 3.63) is 78.5 Å². The van der Waals surface area contributed by atoms with E-state index in [9.17, 15) is 0 Å². The summed E-state index contributed by atoms with van der Waals surface area (Å²) < 4.78 is 1.91. The second-order valence-corrected chi connectivity index (χ2v) is 6.91. The van der Waals surface area contributed by atoms with Gasteiger partial charge in [0.25, 0.3) is 0 Å². The Morgan fingerprint density at radius 1 is 0.821 bits per heavy atom. The lowest BCUT2D eigenvalue weighted by Crippen LogP contribution is -2.15. The van der Waals surface area contributed by atoms with E-state index in [-0.39, 0.29) is 0 Å². The normalized spacial score (nSPS) is 11.3. The van der Waals surface area contributed by atoms with Gasteiger partial charge < -0.3 is 10.6 Å². The molecular formula is C23H21N5. The zero-order valence-corrected chi connectivity index (χ0v) is 15.7. The Morgan fingerprint density at radius 2 is 1.57 bits per heavy atom. The lowest BCUT2D eigenvalue weighted by molar-refractivity contribution is 0.954. The van der Waals surface area contributed by atoms with Gasteiger partial charge in [0, 0.05) is 35.6 Å². The lowest BCUT2D eigenvalue weighted by atomic mass is 10.1. The van der Waals surface area contributed by atoms with Crippen LogP contribution in [0.1, 0.15) is 5.69 Å². The zero-order chi connectivity index (χ0) is 18.9. The average molecular weight is 367 g/mol. The molecule has 5 nitrogen and oxygen atoms in total. The SMILES string of the molecule is Cc1cc2nc(NCCNc3cccc4ccccc34)c3ccccc3n2n1. The van der Waals surface area contributed by atoms with E-state index in [4.69, 9.17) is 4.98 Å². The fraction of sp³-hybridized carbons (Fsp3) is 0.130. The number of aromatic nitrogens is 3. The summed E-state index contributed by atoms with van der Waals surface area (Å²) in [5, 5.41) is 15.2. The fourth-order valence-electron chi connectivity index (χ4n) is 3.67. The molecule has 0 atom stereocenters. The number of nitrogens with zero attached hydrogens (tertiary/aromatic N) is 3. The summed E-state index contributed by atoms with van der Waals surface area (Å²) in [5.74, 6) is 0.891. The third-order valence-corrected chi connectivity index (χ3v) is 4.95. The average Bonchev–Trinajstić information content (AvgIpc) is 3.11. The molecule has 0 aliphatic carbocycles. The first-order valence-electron chi connectivity index (χ1n) is 9.50. The Morgan fingerprint density at radius 3 is 2.50 bits per heavy atom. The topological polar surface area (TPSA) is 54.2 Å². The van der Waals surface area contributed by atoms with Gasteiger partial charge in [0.05, 0.1) is 11.2 Å². The maximum absolute atomic E-state index is 4.78. The minimum Gasteiger partial charge on any atom is -0.383 e. The summed E-state index contributed by atoms with van der Waals surface area (Å²) >= 11 is 0. The van der Waals surface area contributed by atoms with Crippen LogP contribution in [0.15, 0.2) is 72.8 Å². The molecule has 5 rings (SSSR count). The van der Waals surface area contributed by atoms with Crippen LogP contribution < -0.4 is 10.6 Å². The van der Waals surface area contributed by atoms with Gasteiger partial charge in [0.15, 0.2) is 5.65 Å². The van der Waals surface area contributed by atoms with Gasteiger partial charge >= 0.3 is 0 Å². The van der Waals surface area contributed by atoms with E-state index in [2.05, 4.69) is 70.3 Å². The van der Waals surface area contributed by atoms with Gasteiger partial charge in [-0.15, -0.1) is 0 Å². The predicted octanol–water partition coefficient (Wildman–Crippen LogP) is 4.87. The van der Waals surface area contributed by atoms with Gasteiger partial charge in [0.2, 0.25) is 0 Å². The molecule has 0 saturated heterocycles. The number of nitrogens with one attached hydrogen (secondary N) is 2. The Hall–Kier alpha value is -3.60. The summed E-state index contributed by atoms with van der Waals surface area (Å²) in [6, 6.07) is 25.0. The van der Waals surface area contributed by atoms with Crippen molar-refractivity contribution < 1.29 is 0 Å². The second-order valence-electron chi connectivity index (χ2n) is 6.91. The van der Waals surface area contributed by atoms with Crippen LogP contribution >= 0.6 is 0 Å². The molecule has 2 aromatic heterocycles. The quantitative estimate of drug-likeness (QED) is 0.435. The summed E-state index contributed by atoms with van der Waals surface area (Å²) in [6.07, 6.45) is 0. The second kappa shape index (κ2) is 6.85. The number of rotatable bonds is 5. The Bertz CT molecular complexity index is 1280. The molecule has 0 radical (unpaired) electrons. The number of hydrogen-bond donors (Lipinski definition) is 2. The molecule has 5 heteroatoms. The zero-order valence-electron chi connectivity index (χ0n) is 15.7. The van der Waals surface area contributed by atoms with Crippen molar-refractivity contribution in [3.8, 4) is 0 Å². The highest BCUT2D eigenvalue weighted by atomic mass is 15.3. The molecule has 2 N–H and O–H groups in total. The van der Waals surface area contributed by atoms with Gasteiger partial charge in [-0.2, -0.15) is 5.10 Å². The van der Waals surface area contributed by atoms with Gasteiger partial charge in [-0.05, 0) is 30.5 Å². The predicted molar refractivity (Wildman–Crippen MR) is 116 cm³/mol. The van der Waals surface area contributed by atoms with E-state index < -0.39 is 0 Å². The molecule has 138 valence electrons. The molecule has 0 aliphatic heterocycles. The van der Waals surface area contributed by atoms with Crippen molar-refractivity contribution in [2.24, 2.45) is 0 Å². The standard InChI is InChI=1S/C23H21N5/c1-16-15-22-26-23(19-10-4-5-12-21(19)28(22)27-16)25-14-13-24-20-11-6-8-17-7-2-3-9-18(17)20/h2-12,15,24H,13-14H2,1H3,(H,25,26). The maximum Gasteiger partial charge on any atom is 0.158 e. The van der Waals surface area contributed by atoms with Crippen LogP contribution in [0.5, 0.6) is 0 Å². The fourth-order valence-corrected chi connectivity index (χ4v) is 3.67. The van der Waals surface area contributed by atoms with Gasteiger partial charge in [-0.1, -0.05) is 48.5 Å².